The van der Waals surface area contributed by atoms with Gasteiger partial charge in [-0.15, -0.1) is 0 Å². The van der Waals surface area contributed by atoms with Crippen LogP contribution in [0.25, 0.3) is 0 Å². The molecule has 0 amide bonds. The Morgan fingerprint density at radius 2 is 1.60 bits per heavy atom. The number of rotatable bonds is 0. The maximum atomic E-state index is 5.54. The van der Waals surface area contributed by atoms with Crippen molar-refractivity contribution in [3.05, 3.63) is 0 Å². The molecule has 0 N–H and O–H groups in total. The van der Waals surface area contributed by atoms with Crippen LogP contribution in [0.15, 0.2) is 0 Å². The van der Waals surface area contributed by atoms with Gasteiger partial charge < -0.3 is 0 Å². The molecule has 0 aliphatic heterocycles. The summed E-state index contributed by atoms with van der Waals surface area (Å²) in [5.74, 6) is 0. The molecule has 0 saturated carbocycles. The summed E-state index contributed by atoms with van der Waals surface area (Å²) in [5, 5.41) is -1.93. The van der Waals surface area contributed by atoms with Crippen molar-refractivity contribution in [2.75, 3.05) is 0 Å². The van der Waals surface area contributed by atoms with Gasteiger partial charge in [0.25, 0.3) is 0 Å². The molecule has 0 fully saturated rings. The summed E-state index contributed by atoms with van der Waals surface area (Å²) in [6.07, 6.45) is 0. The van der Waals surface area contributed by atoms with Gasteiger partial charge in [-0.1, -0.05) is 0 Å². The summed E-state index contributed by atoms with van der Waals surface area (Å²) in [6, 6.07) is 0. The SMILES string of the molecule is [Cl][Ge]([Br])([Br])[I]. The van der Waals surface area contributed by atoms with E-state index < -0.39 is 5.34 Å². The van der Waals surface area contributed by atoms with Crippen LogP contribution in [0.3, 0.4) is 0 Å². The van der Waals surface area contributed by atoms with Crippen molar-refractivity contribution < 1.29 is 0 Å². The molecule has 0 aromatic heterocycles. The fourth-order valence-electron chi connectivity index (χ4n) is 0. The first-order valence-corrected chi connectivity index (χ1v) is 19.7. The summed E-state index contributed by atoms with van der Waals surface area (Å²) in [4.78, 5) is 0. The van der Waals surface area contributed by atoms with E-state index in [2.05, 4.69) is 48.2 Å². The molecular formula is Br2ClGeI. The molecule has 0 saturated heterocycles. The Kier molecular flexibility index (Phi) is 4.12. The second kappa shape index (κ2) is 2.74. The predicted octanol–water partition coefficient (Wildman–Crippen LogP) is 2.89. The summed E-state index contributed by atoms with van der Waals surface area (Å²) in [7, 11) is 5.54. The van der Waals surface area contributed by atoms with Gasteiger partial charge in [0.15, 0.2) is 0 Å². The minimum atomic E-state index is -1.93. The van der Waals surface area contributed by atoms with Gasteiger partial charge in [0.05, 0.1) is 0 Å². The Morgan fingerprint density at radius 1 is 1.60 bits per heavy atom. The molecule has 0 rings (SSSR count). The Hall–Kier alpha value is 2.52. The van der Waals surface area contributed by atoms with E-state index >= 15 is 0 Å². The van der Waals surface area contributed by atoms with E-state index in [-0.39, 0.29) is 0 Å². The monoisotopic (exact) mass is 394 g/mol. The van der Waals surface area contributed by atoms with Crippen LogP contribution in [0.1, 0.15) is 0 Å². The molecule has 0 aromatic carbocycles. The molecule has 0 aromatic rings. The Morgan fingerprint density at radius 3 is 1.60 bits per heavy atom. The summed E-state index contributed by atoms with van der Waals surface area (Å²) >= 11 is 8.63. The first-order valence-electron chi connectivity index (χ1n) is 0.756. The molecule has 32 valence electrons. The fraction of sp³-hybridized carbons (Fsp3) is 0. The molecule has 0 aliphatic rings. The number of hydrogen-bond donors (Lipinski definition) is 0. The molecule has 0 bridgehead atoms. The molecule has 0 nitrogen and oxygen atoms in total. The van der Waals surface area contributed by atoms with E-state index in [1.807, 2.05) is 0 Å². The zero-order valence-corrected chi connectivity index (χ0v) is 10.2. The summed E-state index contributed by atoms with van der Waals surface area (Å²) in [6.45, 7) is 0. The Labute approximate surface area is 62.4 Å². The average molecular weight is 395 g/mol. The third-order valence-corrected chi connectivity index (χ3v) is 0. The van der Waals surface area contributed by atoms with Gasteiger partial charge in [-0.3, -0.25) is 0 Å². The van der Waals surface area contributed by atoms with Crippen molar-refractivity contribution in [1.82, 2.24) is 0 Å². The number of halogens is 4. The standard InChI is InChI=1S/Br2ClGeI/c1-4(2,3)5. The van der Waals surface area contributed by atoms with E-state index in [1.165, 1.54) is 0 Å². The van der Waals surface area contributed by atoms with Gasteiger partial charge in [-0.05, 0) is 0 Å². The van der Waals surface area contributed by atoms with E-state index in [0.29, 0.717) is 0 Å². The van der Waals surface area contributed by atoms with Crippen LogP contribution >= 0.6 is 58.2 Å². The van der Waals surface area contributed by atoms with E-state index in [0.717, 1.165) is 0 Å². The molecular weight excluding hydrogens is 395 g/mol. The second-order valence-electron chi connectivity index (χ2n) is 0.429. The third-order valence-electron chi connectivity index (χ3n) is 0. The Balaban J connectivity index is 3.02. The van der Waals surface area contributed by atoms with Crippen molar-refractivity contribution in [1.29, 1.82) is 0 Å². The topological polar surface area (TPSA) is 0 Å². The molecule has 0 spiro atoms. The summed E-state index contributed by atoms with van der Waals surface area (Å²) < 4.78 is 0. The molecule has 0 radical (unpaired) electrons. The van der Waals surface area contributed by atoms with Gasteiger partial charge in [-0.2, -0.15) is 0 Å². The minimum absolute atomic E-state index is 1.93. The first-order chi connectivity index (χ1) is 2.00. The molecule has 5 heteroatoms. The van der Waals surface area contributed by atoms with Crippen molar-refractivity contribution in [2.45, 2.75) is 0 Å². The molecule has 0 heterocycles. The Bertz CT molecular complexity index is 25.1. The van der Waals surface area contributed by atoms with E-state index in [9.17, 15) is 0 Å². The molecule has 0 atom stereocenters. The third kappa shape index (κ3) is 21.0. The van der Waals surface area contributed by atoms with E-state index in [1.54, 1.807) is 0 Å². The van der Waals surface area contributed by atoms with Crippen molar-refractivity contribution >= 4 is 63.6 Å². The average Bonchev–Trinajstić information content (AvgIpc) is 0.722. The van der Waals surface area contributed by atoms with Crippen LogP contribution in [-0.2, 0) is 0 Å². The first kappa shape index (κ1) is 7.52. The molecule has 0 unspecified atom stereocenters. The van der Waals surface area contributed by atoms with Crippen molar-refractivity contribution in [3.63, 3.8) is 0 Å². The quantitative estimate of drug-likeness (QED) is 0.438. The predicted molar refractivity (Wildman–Crippen MR) is 43.5 cm³/mol. The van der Waals surface area contributed by atoms with Gasteiger partial charge in [0.2, 0.25) is 0 Å². The van der Waals surface area contributed by atoms with Gasteiger partial charge in [0, 0.05) is 0 Å². The molecule has 5 heavy (non-hydrogen) atoms. The van der Waals surface area contributed by atoms with Crippen LogP contribution < -0.4 is 0 Å². The van der Waals surface area contributed by atoms with Crippen LogP contribution in [0, 0.1) is 0 Å². The van der Waals surface area contributed by atoms with Crippen LogP contribution in [0.4, 0.5) is 0 Å². The van der Waals surface area contributed by atoms with Crippen LogP contribution in [0.5, 0.6) is 0 Å². The fourth-order valence-corrected chi connectivity index (χ4v) is 0. The van der Waals surface area contributed by atoms with Gasteiger partial charge in [0.1, 0.15) is 0 Å². The van der Waals surface area contributed by atoms with Crippen LogP contribution in [-0.4, -0.2) is 5.34 Å². The van der Waals surface area contributed by atoms with Gasteiger partial charge in [-0.25, -0.2) is 0 Å². The van der Waals surface area contributed by atoms with Gasteiger partial charge >= 0.3 is 63.6 Å². The van der Waals surface area contributed by atoms with Crippen molar-refractivity contribution in [2.24, 2.45) is 0 Å². The second-order valence-corrected chi connectivity index (χ2v) is 54.9. The zero-order valence-electron chi connectivity index (χ0n) is 2.01. The summed E-state index contributed by atoms with van der Waals surface area (Å²) in [5.41, 5.74) is 0. The van der Waals surface area contributed by atoms with E-state index in [4.69, 9.17) is 10.0 Å². The normalized spacial score (nSPS) is 12.0. The van der Waals surface area contributed by atoms with Crippen LogP contribution in [0.2, 0.25) is 0 Å². The zero-order chi connectivity index (χ0) is 4.50. The van der Waals surface area contributed by atoms with Crippen molar-refractivity contribution in [3.8, 4) is 0 Å². The molecule has 0 aliphatic carbocycles. The maximum absolute atomic E-state index is 5.54. The number of hydrogen-bond acceptors (Lipinski definition) is 0.